The van der Waals surface area contributed by atoms with Crippen molar-refractivity contribution in [3.63, 3.8) is 0 Å². The Labute approximate surface area is 724 Å². The van der Waals surface area contributed by atoms with Gasteiger partial charge < -0.3 is 91.7 Å². The van der Waals surface area contributed by atoms with Gasteiger partial charge in [-0.2, -0.15) is 0 Å². The van der Waals surface area contributed by atoms with E-state index >= 15 is 0 Å². The van der Waals surface area contributed by atoms with Crippen molar-refractivity contribution in [3.05, 3.63) is 176 Å². The molecule has 8 amide bonds. The van der Waals surface area contributed by atoms with Gasteiger partial charge in [0, 0.05) is 67.5 Å². The summed E-state index contributed by atoms with van der Waals surface area (Å²) < 4.78 is 234. The molecule has 3 aromatic carbocycles. The summed E-state index contributed by atoms with van der Waals surface area (Å²) in [5.41, 5.74) is -5.72. The normalized spacial score (nSPS) is 26.8. The van der Waals surface area contributed by atoms with Gasteiger partial charge in [-0.3, -0.25) is 43.2 Å². The SMILES string of the molecule is C[C@H]1OC(=O)C(C2CC2)N(C)C(=O)[C@H](C)[C@H](O)[C@H](Cc2c(F)c(F)c(F)c(F)c2F)NC(=O)[C@H]1NC(=O)c1ncccc1O.C[C@H]1OC(=O)C(C2CC2)NC(=O)[C@H](C)[C@H](O)[C@H](Cc2c(F)c(F)c(F)c(F)c2F)NC(=O)[C@H]1NC(=O)c1ncccc1O.C[C@H]1OC(=O)C(C2CC2)OC(=O)[C@H](C)[C@H](O)[C@H](Cc2c(F)c(F)c(F)c(F)c2F)NC(=O)[C@H]1NC(=O)c1ncccc1O. The van der Waals surface area contributed by atoms with Crippen molar-refractivity contribution in [2.24, 2.45) is 35.5 Å². The fraction of sp³-hybridized carbons (Fsp3) is 0.451. The molecule has 6 aromatic rings. The molecule has 3 saturated heterocycles. The summed E-state index contributed by atoms with van der Waals surface area (Å²) in [7, 11) is 1.27. The van der Waals surface area contributed by atoms with Gasteiger partial charge >= 0.3 is 23.9 Å². The lowest BCUT2D eigenvalue weighted by Gasteiger charge is -2.36. The Morgan fingerprint density at radius 2 is 0.669 bits per heavy atom. The summed E-state index contributed by atoms with van der Waals surface area (Å²) in [5, 5.41) is 79.0. The number of esters is 4. The van der Waals surface area contributed by atoms with E-state index in [0.717, 1.165) is 43.1 Å². The molecule has 48 heteroatoms. The van der Waals surface area contributed by atoms with Crippen LogP contribution in [0.2, 0.25) is 0 Å². The minimum absolute atomic E-state index is 0.326. The summed E-state index contributed by atoms with van der Waals surface area (Å²) in [6.07, 6.45) is -8.97. The molecule has 3 aliphatic heterocycles. The fourth-order valence-electron chi connectivity index (χ4n) is 14.3. The topological polar surface area (TPSA) is 489 Å². The molecule has 33 nitrogen and oxygen atoms in total. The number of aliphatic hydroxyl groups is 3. The zero-order valence-electron chi connectivity index (χ0n) is 68.9. The summed E-state index contributed by atoms with van der Waals surface area (Å²) >= 11 is 0. The number of cyclic esters (lactones) is 4. The second kappa shape index (κ2) is 41.2. The van der Waals surface area contributed by atoms with Crippen molar-refractivity contribution < 1.29 is 173 Å². The van der Waals surface area contributed by atoms with Gasteiger partial charge in [-0.05, 0) is 114 Å². The first kappa shape index (κ1) is 99.1. The number of halogens is 15. The number of ether oxygens (including phenoxy) is 4. The van der Waals surface area contributed by atoms with E-state index in [1.807, 2.05) is 0 Å². The number of carbonyl (C=O) groups is 12. The van der Waals surface area contributed by atoms with Crippen LogP contribution in [0.1, 0.15) is 128 Å². The zero-order chi connectivity index (χ0) is 96.1. The number of aliphatic hydroxyl groups excluding tert-OH is 3. The minimum atomic E-state index is -2.43. The number of aromatic hydroxyl groups is 3. The lowest BCUT2D eigenvalue weighted by molar-refractivity contribution is -0.178. The second-order valence-corrected chi connectivity index (χ2v) is 31.6. The van der Waals surface area contributed by atoms with Gasteiger partial charge in [0.05, 0.1) is 54.2 Å². The highest BCUT2D eigenvalue weighted by atomic mass is 19.2. The maximum absolute atomic E-state index is 14.7. The molecule has 0 spiro atoms. The van der Waals surface area contributed by atoms with E-state index in [9.17, 15) is 154 Å². The van der Waals surface area contributed by atoms with Gasteiger partial charge in [0.1, 0.15) is 65.8 Å². The lowest BCUT2D eigenvalue weighted by atomic mass is 9.90. The van der Waals surface area contributed by atoms with Crippen LogP contribution < -0.4 is 37.2 Å². The molecular weight excluding hydrogens is 1780 g/mol. The van der Waals surface area contributed by atoms with Crippen LogP contribution in [-0.2, 0) is 81.4 Å². The van der Waals surface area contributed by atoms with Crippen LogP contribution in [0.4, 0.5) is 65.9 Å². The number of likely N-dealkylation sites (N-methyl/N-ethyl adjacent to an activating group) is 1. The quantitative estimate of drug-likeness (QED) is 0.0225. The van der Waals surface area contributed by atoms with Crippen LogP contribution in [0.25, 0.3) is 0 Å². The zero-order valence-corrected chi connectivity index (χ0v) is 68.9. The molecule has 6 aliphatic rings. The van der Waals surface area contributed by atoms with Gasteiger partial charge in [0.2, 0.25) is 53.1 Å². The first-order valence-electron chi connectivity index (χ1n) is 39.8. The molecule has 0 radical (unpaired) electrons. The van der Waals surface area contributed by atoms with Gasteiger partial charge in [-0.1, -0.05) is 13.8 Å². The Bertz CT molecular complexity index is 5130. The maximum Gasteiger partial charge on any atom is 0.348 e. The van der Waals surface area contributed by atoms with Crippen molar-refractivity contribution in [3.8, 4) is 17.2 Å². The summed E-state index contributed by atoms with van der Waals surface area (Å²) in [5.74, 6) is -54.4. The van der Waals surface area contributed by atoms with E-state index in [4.69, 9.17) is 18.9 Å². The van der Waals surface area contributed by atoms with Crippen LogP contribution in [0, 0.1) is 123 Å². The molecular formula is C82H82F15N11O22. The number of carbonyl (C=O) groups excluding carboxylic acids is 12. The molecule has 702 valence electrons. The lowest BCUT2D eigenvalue weighted by Crippen LogP contribution is -2.61. The number of benzene rings is 3. The van der Waals surface area contributed by atoms with E-state index in [1.54, 1.807) is 0 Å². The Hall–Kier alpha value is -13.0. The van der Waals surface area contributed by atoms with E-state index in [0.29, 0.717) is 38.5 Å². The highest BCUT2D eigenvalue weighted by Crippen LogP contribution is 2.40. The molecule has 3 aromatic heterocycles. The van der Waals surface area contributed by atoms with E-state index < -0.39 is 343 Å². The molecule has 0 bridgehead atoms. The van der Waals surface area contributed by atoms with Crippen LogP contribution >= 0.6 is 0 Å². The first-order valence-corrected chi connectivity index (χ1v) is 39.8. The first-order chi connectivity index (χ1) is 61.1. The molecule has 3 unspecified atom stereocenters. The Kier molecular flexibility index (Phi) is 31.4. The van der Waals surface area contributed by atoms with Gasteiger partial charge in [-0.15, -0.1) is 0 Å². The number of hydrogen-bond acceptors (Lipinski definition) is 25. The van der Waals surface area contributed by atoms with Crippen molar-refractivity contribution in [1.82, 2.24) is 57.1 Å². The largest absolute Gasteiger partial charge is 0.505 e. The summed E-state index contributed by atoms with van der Waals surface area (Å²) in [4.78, 5) is 170. The third-order valence-corrected chi connectivity index (χ3v) is 22.4. The fourth-order valence-corrected chi connectivity index (χ4v) is 14.3. The molecule has 3 saturated carbocycles. The molecule has 3 aliphatic carbocycles. The number of hydrogen-bond donors (Lipinski definition) is 13. The molecule has 6 heterocycles. The molecule has 18 atom stereocenters. The monoisotopic (exact) mass is 1860 g/mol. The van der Waals surface area contributed by atoms with Crippen molar-refractivity contribution in [1.29, 1.82) is 0 Å². The minimum Gasteiger partial charge on any atom is -0.505 e. The molecule has 13 N–H and O–H groups in total. The van der Waals surface area contributed by atoms with Crippen LogP contribution in [0.15, 0.2) is 55.0 Å². The average Bonchev–Trinajstić information content (AvgIpc) is 1.65. The highest BCUT2D eigenvalue weighted by molar-refractivity contribution is 6.01. The van der Waals surface area contributed by atoms with Crippen LogP contribution in [-0.4, -0.2) is 220 Å². The Balaban J connectivity index is 0.000000203. The van der Waals surface area contributed by atoms with Crippen LogP contribution in [0.5, 0.6) is 17.2 Å². The third-order valence-electron chi connectivity index (χ3n) is 22.4. The van der Waals surface area contributed by atoms with Crippen molar-refractivity contribution in [2.75, 3.05) is 7.05 Å². The summed E-state index contributed by atoms with van der Waals surface area (Å²) in [6.45, 7) is 7.04. The number of rotatable bonds is 15. The molecule has 130 heavy (non-hydrogen) atoms. The maximum atomic E-state index is 14.7. The molecule has 12 rings (SSSR count). The third kappa shape index (κ3) is 21.9. The number of nitrogens with one attached hydrogen (secondary N) is 7. The van der Waals surface area contributed by atoms with Gasteiger partial charge in [0.15, 0.2) is 86.9 Å². The number of aromatic nitrogens is 3. The number of amides is 8. The van der Waals surface area contributed by atoms with Gasteiger partial charge in [0.25, 0.3) is 17.7 Å². The van der Waals surface area contributed by atoms with Crippen molar-refractivity contribution >= 4 is 71.1 Å². The number of pyridine rings is 3. The predicted octanol–water partition coefficient (Wildman–Crippen LogP) is 4.21. The Morgan fingerprint density at radius 3 is 0.985 bits per heavy atom. The predicted molar refractivity (Wildman–Crippen MR) is 406 cm³/mol. The van der Waals surface area contributed by atoms with Gasteiger partial charge in [-0.25, -0.2) is 95.2 Å². The second-order valence-electron chi connectivity index (χ2n) is 31.6. The average molecular weight is 1860 g/mol. The van der Waals surface area contributed by atoms with E-state index in [1.165, 1.54) is 65.3 Å². The van der Waals surface area contributed by atoms with E-state index in [-0.39, 0.29) is 11.8 Å². The smallest absolute Gasteiger partial charge is 0.348 e. The molecule has 6 fully saturated rings. The number of nitrogens with zero attached hydrogens (tertiary/aromatic N) is 4. The van der Waals surface area contributed by atoms with E-state index in [2.05, 4.69) is 52.2 Å². The Morgan fingerprint density at radius 1 is 0.377 bits per heavy atom. The van der Waals surface area contributed by atoms with Crippen molar-refractivity contribution in [2.45, 2.75) is 190 Å². The standard InChI is InChI=1S/C28H29F5N4O7.C27H27F5N4O7.C27H26F5N3O8/c1-10-24(39)14(9-13-16(29)18(31)20(33)19(32)17(13)30)35-25(40)21(36-26(41)22-15(38)5-4-8-34-22)11(2)44-28(43)23(12-6-7-12)37(3)27(10)42;1-9-23(38)13(8-12-15(28)17(30)19(32)18(31)16(12)29)34-25(40)20(35-26(41)22-14(37)4-3-7-33-22)10(2)43-27(42)21(11-5-6-11)36-24(9)39;1-9-22(37)13(8-12-15(28)17(30)19(32)18(31)16(12)29)34-24(38)20(35-25(39)21-14(36)4-3-7-33-21)10(2)42-27(41)23(11-5-6-11)43-26(9)40/h4-5,8,10-12,14,21,23-24,38-39H,6-7,9H2,1-3H3,(H,35,40)(H,36,41);3-4,7,9-11,13,20-21,23,37-38H,5-6,8H2,1-2H3,(H,34,40)(H,35,41)(H,36,39);3-4,7,9-11,13,20,22-23,36-37H,5-6,8H2,1-2H3,(H,34,38)(H,35,39)/t10-,11-,14+,21+,23?,24+;9-,10-,13+,20+,21?,23+;9-,10-,13+,20+,22+,23?/m111/s1. The highest BCUT2D eigenvalue weighted by Gasteiger charge is 2.51. The van der Waals surface area contributed by atoms with Crippen LogP contribution in [0.3, 0.4) is 0 Å². The summed E-state index contributed by atoms with van der Waals surface area (Å²) in [6, 6.07) is -6.10.